The van der Waals surface area contributed by atoms with E-state index >= 15 is 0 Å². The summed E-state index contributed by atoms with van der Waals surface area (Å²) in [4.78, 5) is 21.1. The minimum absolute atomic E-state index is 0.316. The molecule has 1 aromatic rings. The number of carbonyl (C=O) groups is 2. The molecule has 1 aromatic carbocycles. The number of carbonyl (C=O) groups excluding carboxylic acids is 1. The first-order valence-corrected chi connectivity index (χ1v) is 6.43. The molecule has 0 fully saturated rings. The number of hydrogen-bond donors (Lipinski definition) is 1. The standard InChI is InChI=1S/C10H9FO6S/c1-17-7-4-8(18(2,15)16)6(11)3-5(7)9(12)10(13)14/h3-4H,1-2H3,(H,13,14). The number of rotatable bonds is 4. The lowest BCUT2D eigenvalue weighted by Crippen LogP contribution is -2.15. The molecule has 0 saturated carbocycles. The Morgan fingerprint density at radius 3 is 2.28 bits per heavy atom. The Hall–Kier alpha value is -1.96. The second-order valence-corrected chi connectivity index (χ2v) is 5.37. The maximum atomic E-state index is 13.5. The van der Waals surface area contributed by atoms with Crippen LogP contribution in [0.1, 0.15) is 10.4 Å². The van der Waals surface area contributed by atoms with Gasteiger partial charge in [0, 0.05) is 12.3 Å². The van der Waals surface area contributed by atoms with Crippen molar-refractivity contribution < 1.29 is 32.2 Å². The number of aliphatic carboxylic acids is 1. The van der Waals surface area contributed by atoms with Crippen molar-refractivity contribution in [1.29, 1.82) is 0 Å². The van der Waals surface area contributed by atoms with Crippen molar-refractivity contribution in [3.05, 3.63) is 23.5 Å². The van der Waals surface area contributed by atoms with Crippen molar-refractivity contribution >= 4 is 21.6 Å². The zero-order valence-electron chi connectivity index (χ0n) is 9.43. The molecule has 0 unspecified atom stereocenters. The minimum Gasteiger partial charge on any atom is -0.496 e. The van der Waals surface area contributed by atoms with Crippen LogP contribution in [-0.4, -0.2) is 38.6 Å². The first kappa shape index (κ1) is 14.1. The predicted molar refractivity (Wildman–Crippen MR) is 58.0 cm³/mol. The van der Waals surface area contributed by atoms with Crippen molar-refractivity contribution in [1.82, 2.24) is 0 Å². The molecule has 0 spiro atoms. The molecule has 0 radical (unpaired) electrons. The van der Waals surface area contributed by atoms with E-state index < -0.39 is 37.9 Å². The molecule has 0 amide bonds. The summed E-state index contributed by atoms with van der Waals surface area (Å²) in [5, 5.41) is 8.53. The van der Waals surface area contributed by atoms with E-state index in [1.165, 1.54) is 0 Å². The molecule has 0 aromatic heterocycles. The molecule has 8 heteroatoms. The Morgan fingerprint density at radius 1 is 1.33 bits per heavy atom. The number of ketones is 1. The van der Waals surface area contributed by atoms with Crippen molar-refractivity contribution in [2.24, 2.45) is 0 Å². The van der Waals surface area contributed by atoms with E-state index in [-0.39, 0.29) is 5.75 Å². The van der Waals surface area contributed by atoms with E-state index in [1.807, 2.05) is 0 Å². The molecule has 18 heavy (non-hydrogen) atoms. The van der Waals surface area contributed by atoms with E-state index in [9.17, 15) is 22.4 Å². The highest BCUT2D eigenvalue weighted by molar-refractivity contribution is 7.90. The van der Waals surface area contributed by atoms with Crippen LogP contribution < -0.4 is 4.74 Å². The van der Waals surface area contributed by atoms with E-state index in [2.05, 4.69) is 0 Å². The van der Waals surface area contributed by atoms with Crippen LogP contribution in [0, 0.1) is 5.82 Å². The van der Waals surface area contributed by atoms with Crippen molar-refractivity contribution in [3.63, 3.8) is 0 Å². The van der Waals surface area contributed by atoms with Crippen LogP contribution in [-0.2, 0) is 14.6 Å². The zero-order chi connectivity index (χ0) is 14.1. The van der Waals surface area contributed by atoms with Gasteiger partial charge < -0.3 is 9.84 Å². The third kappa shape index (κ3) is 2.65. The Bertz CT molecular complexity index is 620. The van der Waals surface area contributed by atoms with Gasteiger partial charge in [-0.3, -0.25) is 4.79 Å². The number of halogens is 1. The van der Waals surface area contributed by atoms with Gasteiger partial charge in [-0.15, -0.1) is 0 Å². The predicted octanol–water partition coefficient (Wildman–Crippen LogP) is 0.505. The van der Waals surface area contributed by atoms with Crippen LogP contribution in [0.15, 0.2) is 17.0 Å². The summed E-state index contributed by atoms with van der Waals surface area (Å²) in [6.07, 6.45) is 0.781. The van der Waals surface area contributed by atoms with Crippen LogP contribution >= 0.6 is 0 Å². The number of carboxylic acids is 1. The summed E-state index contributed by atoms with van der Waals surface area (Å²) >= 11 is 0. The number of hydrogen-bond acceptors (Lipinski definition) is 5. The Kier molecular flexibility index (Phi) is 3.70. The Labute approximate surface area is 102 Å². The first-order valence-electron chi connectivity index (χ1n) is 4.53. The Balaban J connectivity index is 3.56. The van der Waals surface area contributed by atoms with E-state index in [4.69, 9.17) is 9.84 Å². The van der Waals surface area contributed by atoms with Crippen LogP contribution in [0.4, 0.5) is 4.39 Å². The lowest BCUT2D eigenvalue weighted by atomic mass is 10.1. The maximum absolute atomic E-state index is 13.5. The largest absolute Gasteiger partial charge is 0.496 e. The van der Waals surface area contributed by atoms with Gasteiger partial charge in [-0.2, -0.15) is 0 Å². The number of benzene rings is 1. The third-order valence-electron chi connectivity index (χ3n) is 2.09. The van der Waals surface area contributed by atoms with Gasteiger partial charge in [-0.1, -0.05) is 0 Å². The number of Topliss-reactive ketones (excluding diaryl/α,β-unsaturated/α-hetero) is 1. The fourth-order valence-corrected chi connectivity index (χ4v) is 2.01. The number of sulfone groups is 1. The van der Waals surface area contributed by atoms with E-state index in [1.54, 1.807) is 0 Å². The van der Waals surface area contributed by atoms with Crippen LogP contribution in [0.5, 0.6) is 5.75 Å². The Morgan fingerprint density at radius 2 is 1.89 bits per heavy atom. The summed E-state index contributed by atoms with van der Waals surface area (Å²) in [5.74, 6) is -4.70. The number of ether oxygens (including phenoxy) is 1. The first-order chi connectivity index (χ1) is 8.18. The molecular weight excluding hydrogens is 267 g/mol. The summed E-state index contributed by atoms with van der Waals surface area (Å²) in [5.41, 5.74) is -0.546. The van der Waals surface area contributed by atoms with E-state index in [0.29, 0.717) is 6.07 Å². The maximum Gasteiger partial charge on any atom is 0.377 e. The van der Waals surface area contributed by atoms with Gasteiger partial charge in [0.25, 0.3) is 5.78 Å². The summed E-state index contributed by atoms with van der Waals surface area (Å²) in [6.45, 7) is 0. The van der Waals surface area contributed by atoms with Gasteiger partial charge >= 0.3 is 5.97 Å². The second kappa shape index (κ2) is 4.73. The van der Waals surface area contributed by atoms with Crippen molar-refractivity contribution in [2.45, 2.75) is 4.90 Å². The molecule has 0 heterocycles. The highest BCUT2D eigenvalue weighted by Gasteiger charge is 2.24. The summed E-state index contributed by atoms with van der Waals surface area (Å²) < 4.78 is 40.7. The molecule has 0 aliphatic heterocycles. The molecule has 0 aliphatic carbocycles. The average Bonchev–Trinajstić information content (AvgIpc) is 2.25. The molecule has 98 valence electrons. The van der Waals surface area contributed by atoms with Gasteiger partial charge in [0.1, 0.15) is 16.5 Å². The normalized spacial score (nSPS) is 11.1. The molecule has 1 N–H and O–H groups in total. The van der Waals surface area contributed by atoms with Crippen molar-refractivity contribution in [3.8, 4) is 5.75 Å². The average molecular weight is 276 g/mol. The third-order valence-corrected chi connectivity index (χ3v) is 3.20. The molecule has 0 saturated heterocycles. The zero-order valence-corrected chi connectivity index (χ0v) is 10.2. The lowest BCUT2D eigenvalue weighted by molar-refractivity contribution is -0.131. The van der Waals surface area contributed by atoms with Crippen LogP contribution in [0.2, 0.25) is 0 Å². The van der Waals surface area contributed by atoms with Gasteiger partial charge in [0.05, 0.1) is 12.7 Å². The SMILES string of the molecule is COc1cc(S(C)(=O)=O)c(F)cc1C(=O)C(=O)O. The fraction of sp³-hybridized carbons (Fsp3) is 0.200. The quantitative estimate of drug-likeness (QED) is 0.635. The van der Waals surface area contributed by atoms with E-state index in [0.717, 1.165) is 19.4 Å². The number of carboxylic acid groups (broad SMARTS) is 1. The van der Waals surface area contributed by atoms with Crippen LogP contribution in [0.3, 0.4) is 0 Å². The topological polar surface area (TPSA) is 97.7 Å². The molecule has 1 rings (SSSR count). The smallest absolute Gasteiger partial charge is 0.377 e. The highest BCUT2D eigenvalue weighted by atomic mass is 32.2. The van der Waals surface area contributed by atoms with Crippen LogP contribution in [0.25, 0.3) is 0 Å². The van der Waals surface area contributed by atoms with Gasteiger partial charge in [-0.25, -0.2) is 17.6 Å². The highest BCUT2D eigenvalue weighted by Crippen LogP contribution is 2.26. The molecule has 6 nitrogen and oxygen atoms in total. The second-order valence-electron chi connectivity index (χ2n) is 3.39. The summed E-state index contributed by atoms with van der Waals surface area (Å²) in [7, 11) is -2.73. The summed E-state index contributed by atoms with van der Waals surface area (Å²) in [6, 6.07) is 1.31. The molecule has 0 aliphatic rings. The van der Waals surface area contributed by atoms with Crippen molar-refractivity contribution in [2.75, 3.05) is 13.4 Å². The fourth-order valence-electron chi connectivity index (χ4n) is 1.28. The van der Waals surface area contributed by atoms with Gasteiger partial charge in [-0.05, 0) is 6.07 Å². The van der Waals surface area contributed by atoms with Gasteiger partial charge in [0.2, 0.25) is 0 Å². The minimum atomic E-state index is -3.84. The molecule has 0 atom stereocenters. The monoisotopic (exact) mass is 276 g/mol. The number of methoxy groups -OCH3 is 1. The lowest BCUT2D eigenvalue weighted by Gasteiger charge is -2.08. The molecule has 0 bridgehead atoms. The van der Waals surface area contributed by atoms with Gasteiger partial charge in [0.15, 0.2) is 9.84 Å². The molecular formula is C10H9FO6S.